The molecule has 2 rings (SSSR count). The third kappa shape index (κ3) is 3.47. The number of aryl methyl sites for hydroxylation is 1. The summed E-state index contributed by atoms with van der Waals surface area (Å²) in [5.41, 5.74) is 3.82. The fourth-order valence-corrected chi connectivity index (χ4v) is 2.70. The molecule has 1 aliphatic rings. The molecule has 0 spiro atoms. The molecule has 1 aliphatic heterocycles. The van der Waals surface area contributed by atoms with E-state index in [1.54, 1.807) is 0 Å². The van der Waals surface area contributed by atoms with E-state index in [-0.39, 0.29) is 18.8 Å². The Morgan fingerprint density at radius 2 is 2.21 bits per heavy atom. The molecule has 1 aromatic carbocycles. The van der Waals surface area contributed by atoms with Crippen molar-refractivity contribution in [1.29, 1.82) is 0 Å². The van der Waals surface area contributed by atoms with Crippen molar-refractivity contribution in [1.82, 2.24) is 5.32 Å². The molecule has 1 aromatic rings. The summed E-state index contributed by atoms with van der Waals surface area (Å²) in [6.45, 7) is 6.72. The van der Waals surface area contributed by atoms with Crippen LogP contribution in [0, 0.1) is 6.92 Å². The van der Waals surface area contributed by atoms with Crippen molar-refractivity contribution in [2.75, 3.05) is 31.6 Å². The van der Waals surface area contributed by atoms with Gasteiger partial charge in [-0.2, -0.15) is 0 Å². The van der Waals surface area contributed by atoms with E-state index in [1.165, 1.54) is 16.8 Å². The van der Waals surface area contributed by atoms with Crippen LogP contribution in [-0.4, -0.2) is 44.1 Å². The van der Waals surface area contributed by atoms with Gasteiger partial charge in [-0.05, 0) is 32.5 Å². The zero-order valence-electron chi connectivity index (χ0n) is 12.0. The molecule has 0 aromatic heterocycles. The van der Waals surface area contributed by atoms with Gasteiger partial charge in [0.15, 0.2) is 0 Å². The average molecular weight is 264 g/mol. The van der Waals surface area contributed by atoms with Gasteiger partial charge in [0, 0.05) is 25.3 Å². The van der Waals surface area contributed by atoms with Gasteiger partial charge >= 0.3 is 0 Å². The van der Waals surface area contributed by atoms with Gasteiger partial charge in [-0.3, -0.25) is 0 Å². The van der Waals surface area contributed by atoms with Crippen molar-refractivity contribution in [2.45, 2.75) is 32.6 Å². The molecule has 0 amide bonds. The Hall–Kier alpha value is -1.10. The van der Waals surface area contributed by atoms with Crippen molar-refractivity contribution < 1.29 is 9.84 Å². The summed E-state index contributed by atoms with van der Waals surface area (Å²) in [4.78, 5) is 2.32. The summed E-state index contributed by atoms with van der Waals surface area (Å²) < 4.78 is 5.70. The lowest BCUT2D eigenvalue weighted by atomic mass is 10.1. The van der Waals surface area contributed by atoms with Gasteiger partial charge in [-0.25, -0.2) is 0 Å². The van der Waals surface area contributed by atoms with Crippen molar-refractivity contribution in [3.05, 3.63) is 29.3 Å². The van der Waals surface area contributed by atoms with Gasteiger partial charge in [0.2, 0.25) is 0 Å². The van der Waals surface area contributed by atoms with E-state index < -0.39 is 0 Å². The lowest BCUT2D eigenvalue weighted by molar-refractivity contribution is -0.0421. The standard InChI is InChI=1S/C15H24N2O2/c1-11-4-5-15(13(6-11)7-16-3)17-8-12(2)19-14(9-17)10-18/h4-6,12,14,16,18H,7-10H2,1-3H3. The number of hydrogen-bond acceptors (Lipinski definition) is 4. The Bertz CT molecular complexity index is 423. The summed E-state index contributed by atoms with van der Waals surface area (Å²) in [6, 6.07) is 6.54. The minimum atomic E-state index is -0.0903. The van der Waals surface area contributed by atoms with Crippen LogP contribution in [0.1, 0.15) is 18.1 Å². The average Bonchev–Trinajstić information content (AvgIpc) is 2.38. The zero-order valence-corrected chi connectivity index (χ0v) is 12.0. The highest BCUT2D eigenvalue weighted by atomic mass is 16.5. The Balaban J connectivity index is 2.24. The molecule has 19 heavy (non-hydrogen) atoms. The number of hydrogen-bond donors (Lipinski definition) is 2. The summed E-state index contributed by atoms with van der Waals surface area (Å²) >= 11 is 0. The lowest BCUT2D eigenvalue weighted by Gasteiger charge is -2.38. The molecule has 106 valence electrons. The summed E-state index contributed by atoms with van der Waals surface area (Å²) in [6.07, 6.45) is 0.0575. The first-order chi connectivity index (χ1) is 9.13. The maximum atomic E-state index is 9.33. The third-order valence-corrected chi connectivity index (χ3v) is 3.47. The molecule has 2 N–H and O–H groups in total. The minimum Gasteiger partial charge on any atom is -0.394 e. The quantitative estimate of drug-likeness (QED) is 0.860. The molecule has 2 unspecified atom stereocenters. The Labute approximate surface area is 115 Å². The maximum absolute atomic E-state index is 9.33. The van der Waals surface area contributed by atoms with E-state index in [2.05, 4.69) is 42.3 Å². The summed E-state index contributed by atoms with van der Waals surface area (Å²) in [5.74, 6) is 0. The molecule has 4 heteroatoms. The van der Waals surface area contributed by atoms with E-state index in [0.717, 1.165) is 19.6 Å². The van der Waals surface area contributed by atoms with Crippen molar-refractivity contribution in [3.63, 3.8) is 0 Å². The molecule has 0 saturated carbocycles. The van der Waals surface area contributed by atoms with Gasteiger partial charge in [0.25, 0.3) is 0 Å². The highest BCUT2D eigenvalue weighted by Gasteiger charge is 2.25. The number of benzene rings is 1. The molecule has 2 atom stereocenters. The van der Waals surface area contributed by atoms with Gasteiger partial charge in [0.1, 0.15) is 0 Å². The number of nitrogens with zero attached hydrogens (tertiary/aromatic N) is 1. The van der Waals surface area contributed by atoms with Crippen LogP contribution in [0.15, 0.2) is 18.2 Å². The number of aliphatic hydroxyl groups is 1. The number of nitrogens with one attached hydrogen (secondary N) is 1. The first kappa shape index (κ1) is 14.3. The van der Waals surface area contributed by atoms with Crippen LogP contribution >= 0.6 is 0 Å². The second-order valence-electron chi connectivity index (χ2n) is 5.32. The third-order valence-electron chi connectivity index (χ3n) is 3.47. The summed E-state index contributed by atoms with van der Waals surface area (Å²) in [5, 5.41) is 12.5. The van der Waals surface area contributed by atoms with Crippen LogP contribution in [0.2, 0.25) is 0 Å². The second-order valence-corrected chi connectivity index (χ2v) is 5.32. The van der Waals surface area contributed by atoms with E-state index in [9.17, 15) is 5.11 Å². The van der Waals surface area contributed by atoms with Crippen LogP contribution in [0.5, 0.6) is 0 Å². The van der Waals surface area contributed by atoms with Crippen molar-refractivity contribution >= 4 is 5.69 Å². The van der Waals surface area contributed by atoms with Crippen molar-refractivity contribution in [2.24, 2.45) is 0 Å². The lowest BCUT2D eigenvalue weighted by Crippen LogP contribution is -2.48. The highest BCUT2D eigenvalue weighted by Crippen LogP contribution is 2.25. The number of rotatable bonds is 4. The summed E-state index contributed by atoms with van der Waals surface area (Å²) in [7, 11) is 1.96. The first-order valence-corrected chi connectivity index (χ1v) is 6.89. The fourth-order valence-electron chi connectivity index (χ4n) is 2.70. The van der Waals surface area contributed by atoms with E-state index in [0.29, 0.717) is 0 Å². The van der Waals surface area contributed by atoms with Crippen LogP contribution in [-0.2, 0) is 11.3 Å². The van der Waals surface area contributed by atoms with Gasteiger partial charge in [-0.15, -0.1) is 0 Å². The normalized spacial score (nSPS) is 23.7. The molecule has 4 nitrogen and oxygen atoms in total. The molecule has 1 saturated heterocycles. The predicted octanol–water partition coefficient (Wildman–Crippen LogP) is 1.30. The van der Waals surface area contributed by atoms with Gasteiger partial charge < -0.3 is 20.1 Å². The monoisotopic (exact) mass is 264 g/mol. The minimum absolute atomic E-state index is 0.0774. The molecular formula is C15H24N2O2. The zero-order chi connectivity index (χ0) is 13.8. The Kier molecular flexibility index (Phi) is 4.80. The molecule has 1 fully saturated rings. The predicted molar refractivity (Wildman–Crippen MR) is 77.6 cm³/mol. The van der Waals surface area contributed by atoms with E-state index >= 15 is 0 Å². The Morgan fingerprint density at radius 1 is 1.42 bits per heavy atom. The van der Waals surface area contributed by atoms with Crippen molar-refractivity contribution in [3.8, 4) is 0 Å². The number of ether oxygens (including phenoxy) is 1. The largest absolute Gasteiger partial charge is 0.394 e. The van der Waals surface area contributed by atoms with Gasteiger partial charge in [-0.1, -0.05) is 17.7 Å². The highest BCUT2D eigenvalue weighted by molar-refractivity contribution is 5.55. The topological polar surface area (TPSA) is 44.7 Å². The second kappa shape index (κ2) is 6.37. The van der Waals surface area contributed by atoms with Crippen LogP contribution < -0.4 is 10.2 Å². The first-order valence-electron chi connectivity index (χ1n) is 6.89. The molecule has 1 heterocycles. The molecule has 0 bridgehead atoms. The van der Waals surface area contributed by atoms with Crippen LogP contribution in [0.4, 0.5) is 5.69 Å². The molecule has 0 aliphatic carbocycles. The molecule has 0 radical (unpaired) electrons. The maximum Gasteiger partial charge on any atom is 0.0984 e. The number of morpholine rings is 1. The van der Waals surface area contributed by atoms with E-state index in [4.69, 9.17) is 4.74 Å². The van der Waals surface area contributed by atoms with Crippen LogP contribution in [0.25, 0.3) is 0 Å². The smallest absolute Gasteiger partial charge is 0.0984 e. The number of anilines is 1. The van der Waals surface area contributed by atoms with Crippen LogP contribution in [0.3, 0.4) is 0 Å². The molecular weight excluding hydrogens is 240 g/mol. The fraction of sp³-hybridized carbons (Fsp3) is 0.600. The number of aliphatic hydroxyl groups excluding tert-OH is 1. The Morgan fingerprint density at radius 3 is 2.89 bits per heavy atom. The van der Waals surface area contributed by atoms with E-state index in [1.807, 2.05) is 7.05 Å². The van der Waals surface area contributed by atoms with Gasteiger partial charge in [0.05, 0.1) is 18.8 Å². The SMILES string of the molecule is CNCc1cc(C)ccc1N1CC(C)OC(CO)C1.